The Hall–Kier alpha value is -0.610. The molecule has 1 atom stereocenters. The van der Waals surface area contributed by atoms with Crippen molar-refractivity contribution >= 4 is 5.97 Å². The van der Waals surface area contributed by atoms with Crippen LogP contribution in [0.5, 0.6) is 0 Å². The van der Waals surface area contributed by atoms with Crippen LogP contribution >= 0.6 is 0 Å². The summed E-state index contributed by atoms with van der Waals surface area (Å²) in [6, 6.07) is 0.311. The molecule has 0 aromatic heterocycles. The highest BCUT2D eigenvalue weighted by Crippen LogP contribution is 2.23. The van der Waals surface area contributed by atoms with Gasteiger partial charge in [-0.2, -0.15) is 0 Å². The molecule has 0 spiro atoms. The Bertz CT molecular complexity index is 229. The van der Waals surface area contributed by atoms with Crippen molar-refractivity contribution in [3.05, 3.63) is 0 Å². The second kappa shape index (κ2) is 4.94. The molecule has 0 unspecified atom stereocenters. The van der Waals surface area contributed by atoms with E-state index in [1.54, 1.807) is 0 Å². The van der Waals surface area contributed by atoms with Gasteiger partial charge in [-0.3, -0.25) is 4.79 Å². The van der Waals surface area contributed by atoms with E-state index in [4.69, 9.17) is 10.5 Å². The van der Waals surface area contributed by atoms with Crippen molar-refractivity contribution in [2.24, 2.45) is 11.1 Å². The van der Waals surface area contributed by atoms with Crippen molar-refractivity contribution in [3.63, 3.8) is 0 Å². The van der Waals surface area contributed by atoms with Gasteiger partial charge < -0.3 is 15.4 Å². The summed E-state index contributed by atoms with van der Waals surface area (Å²) in [4.78, 5) is 13.8. The molecule has 1 heterocycles. The molecule has 2 N–H and O–H groups in total. The third-order valence-electron chi connectivity index (χ3n) is 3.10. The summed E-state index contributed by atoms with van der Waals surface area (Å²) in [7, 11) is 1.44. The molecule has 0 radical (unpaired) electrons. The smallest absolute Gasteiger partial charge is 0.311 e. The van der Waals surface area contributed by atoms with Crippen LogP contribution in [-0.2, 0) is 9.53 Å². The molecule has 0 saturated carbocycles. The SMILES string of the molecule is COC(=O)C(C)(C)CCN1CC[C@H](N)C1. The molecular formula is C11H22N2O2. The van der Waals surface area contributed by atoms with Crippen molar-refractivity contribution in [1.29, 1.82) is 0 Å². The Morgan fingerprint density at radius 1 is 1.60 bits per heavy atom. The van der Waals surface area contributed by atoms with Gasteiger partial charge in [-0.1, -0.05) is 0 Å². The Kier molecular flexibility index (Phi) is 4.11. The molecule has 1 fully saturated rings. The number of nitrogens with zero attached hydrogens (tertiary/aromatic N) is 1. The van der Waals surface area contributed by atoms with E-state index in [1.807, 2.05) is 13.8 Å². The first-order valence-electron chi connectivity index (χ1n) is 5.52. The van der Waals surface area contributed by atoms with E-state index in [-0.39, 0.29) is 11.4 Å². The summed E-state index contributed by atoms with van der Waals surface area (Å²) in [6.07, 6.45) is 1.89. The van der Waals surface area contributed by atoms with Crippen molar-refractivity contribution in [1.82, 2.24) is 4.90 Å². The first-order chi connectivity index (χ1) is 6.95. The Morgan fingerprint density at radius 2 is 2.27 bits per heavy atom. The summed E-state index contributed by atoms with van der Waals surface area (Å²) in [5, 5.41) is 0. The van der Waals surface area contributed by atoms with Gasteiger partial charge >= 0.3 is 5.97 Å². The Balaban J connectivity index is 2.32. The molecule has 88 valence electrons. The number of nitrogens with two attached hydrogens (primary N) is 1. The van der Waals surface area contributed by atoms with E-state index >= 15 is 0 Å². The van der Waals surface area contributed by atoms with Crippen LogP contribution in [0, 0.1) is 5.41 Å². The number of methoxy groups -OCH3 is 1. The highest BCUT2D eigenvalue weighted by Gasteiger charge is 2.30. The molecule has 1 aliphatic rings. The molecule has 1 saturated heterocycles. The third-order valence-corrected chi connectivity index (χ3v) is 3.10. The van der Waals surface area contributed by atoms with Gasteiger partial charge in [0.2, 0.25) is 0 Å². The van der Waals surface area contributed by atoms with E-state index in [2.05, 4.69) is 4.90 Å². The number of hydrogen-bond acceptors (Lipinski definition) is 4. The van der Waals surface area contributed by atoms with Gasteiger partial charge in [0.15, 0.2) is 0 Å². The highest BCUT2D eigenvalue weighted by atomic mass is 16.5. The van der Waals surface area contributed by atoms with Crippen LogP contribution in [0.15, 0.2) is 0 Å². The molecule has 1 aliphatic heterocycles. The number of rotatable bonds is 4. The Morgan fingerprint density at radius 3 is 2.73 bits per heavy atom. The van der Waals surface area contributed by atoms with Crippen LogP contribution in [0.2, 0.25) is 0 Å². The monoisotopic (exact) mass is 214 g/mol. The summed E-state index contributed by atoms with van der Waals surface area (Å²) in [5.41, 5.74) is 5.43. The maximum Gasteiger partial charge on any atom is 0.311 e. The van der Waals surface area contributed by atoms with Gasteiger partial charge in [0.25, 0.3) is 0 Å². The predicted molar refractivity (Wildman–Crippen MR) is 59.4 cm³/mol. The minimum atomic E-state index is -0.387. The lowest BCUT2D eigenvalue weighted by Gasteiger charge is -2.24. The van der Waals surface area contributed by atoms with Crippen LogP contribution in [0.1, 0.15) is 26.7 Å². The topological polar surface area (TPSA) is 55.6 Å². The van der Waals surface area contributed by atoms with Gasteiger partial charge in [0.05, 0.1) is 12.5 Å². The molecule has 1 rings (SSSR count). The molecule has 4 heteroatoms. The van der Waals surface area contributed by atoms with Gasteiger partial charge in [-0.25, -0.2) is 0 Å². The lowest BCUT2D eigenvalue weighted by atomic mass is 9.89. The second-order valence-electron chi connectivity index (χ2n) is 4.97. The average molecular weight is 214 g/mol. The number of ether oxygens (including phenoxy) is 1. The van der Waals surface area contributed by atoms with Gasteiger partial charge in [-0.05, 0) is 39.8 Å². The molecule has 15 heavy (non-hydrogen) atoms. The van der Waals surface area contributed by atoms with E-state index < -0.39 is 0 Å². The molecule has 0 aromatic carbocycles. The van der Waals surface area contributed by atoms with Crippen molar-refractivity contribution in [3.8, 4) is 0 Å². The lowest BCUT2D eigenvalue weighted by molar-refractivity contribution is -0.151. The molecule has 0 amide bonds. The summed E-state index contributed by atoms with van der Waals surface area (Å²) in [6.45, 7) is 6.79. The number of likely N-dealkylation sites (tertiary alicyclic amines) is 1. The highest BCUT2D eigenvalue weighted by molar-refractivity contribution is 5.75. The first kappa shape index (κ1) is 12.5. The van der Waals surface area contributed by atoms with E-state index in [0.717, 1.165) is 32.5 Å². The van der Waals surface area contributed by atoms with E-state index in [9.17, 15) is 4.79 Å². The van der Waals surface area contributed by atoms with Crippen molar-refractivity contribution in [2.75, 3.05) is 26.7 Å². The summed E-state index contributed by atoms with van der Waals surface area (Å²) < 4.78 is 4.77. The minimum absolute atomic E-state index is 0.133. The van der Waals surface area contributed by atoms with Crippen LogP contribution in [0.25, 0.3) is 0 Å². The molecular weight excluding hydrogens is 192 g/mol. The molecule has 0 aromatic rings. The van der Waals surface area contributed by atoms with Gasteiger partial charge in [-0.15, -0.1) is 0 Å². The molecule has 0 bridgehead atoms. The largest absolute Gasteiger partial charge is 0.469 e. The summed E-state index contributed by atoms with van der Waals surface area (Å²) >= 11 is 0. The zero-order valence-corrected chi connectivity index (χ0v) is 9.95. The quantitative estimate of drug-likeness (QED) is 0.697. The zero-order valence-electron chi connectivity index (χ0n) is 9.95. The van der Waals surface area contributed by atoms with Crippen LogP contribution < -0.4 is 5.73 Å². The standard InChI is InChI=1S/C11H22N2O2/c1-11(2,10(14)15-3)5-7-13-6-4-9(12)8-13/h9H,4-8,12H2,1-3H3/t9-/m0/s1. The van der Waals surface area contributed by atoms with Crippen molar-refractivity contribution < 1.29 is 9.53 Å². The van der Waals surface area contributed by atoms with Gasteiger partial charge in [0.1, 0.15) is 0 Å². The average Bonchev–Trinajstić information content (AvgIpc) is 2.60. The fraction of sp³-hybridized carbons (Fsp3) is 0.909. The number of esters is 1. The molecule has 4 nitrogen and oxygen atoms in total. The fourth-order valence-corrected chi connectivity index (χ4v) is 1.88. The van der Waals surface area contributed by atoms with Gasteiger partial charge in [0, 0.05) is 12.6 Å². The Labute approximate surface area is 91.8 Å². The fourth-order valence-electron chi connectivity index (χ4n) is 1.88. The minimum Gasteiger partial charge on any atom is -0.469 e. The summed E-state index contributed by atoms with van der Waals surface area (Å²) in [5.74, 6) is -0.133. The van der Waals surface area contributed by atoms with E-state index in [1.165, 1.54) is 7.11 Å². The van der Waals surface area contributed by atoms with E-state index in [0.29, 0.717) is 6.04 Å². The lowest BCUT2D eigenvalue weighted by Crippen LogP contribution is -2.33. The maximum absolute atomic E-state index is 11.4. The predicted octanol–water partition coefficient (Wildman–Crippen LogP) is 0.609. The zero-order chi connectivity index (χ0) is 11.5. The van der Waals surface area contributed by atoms with Crippen molar-refractivity contribution in [2.45, 2.75) is 32.7 Å². The second-order valence-corrected chi connectivity index (χ2v) is 4.97. The number of carbonyl (C=O) groups is 1. The molecule has 0 aliphatic carbocycles. The maximum atomic E-state index is 11.4. The number of hydrogen-bond donors (Lipinski definition) is 1. The third kappa shape index (κ3) is 3.47. The number of carbonyl (C=O) groups excluding carboxylic acids is 1. The van der Waals surface area contributed by atoms with Crippen LogP contribution in [0.3, 0.4) is 0 Å². The normalized spacial score (nSPS) is 23.1. The first-order valence-corrected chi connectivity index (χ1v) is 5.52. The van der Waals surface area contributed by atoms with Crippen LogP contribution in [-0.4, -0.2) is 43.7 Å². The van der Waals surface area contributed by atoms with Crippen LogP contribution in [0.4, 0.5) is 0 Å².